The molecule has 0 aliphatic heterocycles. The first-order chi connectivity index (χ1) is 20.4. The fourth-order valence-corrected chi connectivity index (χ4v) is 6.31. The zero-order valence-corrected chi connectivity index (χ0v) is 25.1. The number of aromatic nitrogens is 2. The topological polar surface area (TPSA) is 111 Å². The summed E-state index contributed by atoms with van der Waals surface area (Å²) in [7, 11) is -0.903. The summed E-state index contributed by atoms with van der Waals surface area (Å²) >= 11 is 0.990. The van der Waals surface area contributed by atoms with Gasteiger partial charge in [-0.05, 0) is 55.3 Å². The van der Waals surface area contributed by atoms with Crippen LogP contribution in [0.1, 0.15) is 23.1 Å². The maximum Gasteiger partial charge on any atom is 0.416 e. The number of benzene rings is 3. The molecule has 0 atom stereocenters. The Morgan fingerprint density at radius 3 is 2.23 bits per heavy atom. The van der Waals surface area contributed by atoms with Gasteiger partial charge in [0.05, 0.1) is 24.7 Å². The third-order valence-corrected chi connectivity index (χ3v) is 9.28. The van der Waals surface area contributed by atoms with E-state index >= 15 is 0 Å². The van der Waals surface area contributed by atoms with Crippen LogP contribution < -0.4 is 14.8 Å². The number of nitrogens with zero attached hydrogens (tertiary/aromatic N) is 3. The van der Waals surface area contributed by atoms with Crippen molar-refractivity contribution in [2.75, 3.05) is 32.6 Å². The molecule has 14 heteroatoms. The quantitative estimate of drug-likeness (QED) is 0.209. The largest absolute Gasteiger partial charge is 0.493 e. The SMILES string of the molecule is COc1ccc(CCN(CCC(=O)Nc2nnc(-c3ccc(C(F)(F)F)cc3)s2)S(=O)(=O)c2ccc(C)cc2)cc1OC. The van der Waals surface area contributed by atoms with Crippen molar-refractivity contribution in [2.24, 2.45) is 0 Å². The van der Waals surface area contributed by atoms with Crippen molar-refractivity contribution in [1.29, 1.82) is 0 Å². The molecule has 0 fully saturated rings. The number of methoxy groups -OCH3 is 2. The number of aryl methyl sites for hydroxylation is 1. The minimum atomic E-state index is -4.46. The molecule has 4 rings (SSSR count). The van der Waals surface area contributed by atoms with E-state index in [1.165, 1.54) is 42.8 Å². The summed E-state index contributed by atoms with van der Waals surface area (Å²) in [4.78, 5) is 12.9. The van der Waals surface area contributed by atoms with Gasteiger partial charge in [-0.15, -0.1) is 10.2 Å². The fraction of sp³-hybridized carbons (Fsp3) is 0.276. The number of alkyl halides is 3. The van der Waals surface area contributed by atoms with E-state index in [4.69, 9.17) is 9.47 Å². The number of rotatable bonds is 12. The molecule has 9 nitrogen and oxygen atoms in total. The van der Waals surface area contributed by atoms with E-state index in [1.54, 1.807) is 24.3 Å². The van der Waals surface area contributed by atoms with Gasteiger partial charge in [-0.1, -0.05) is 47.2 Å². The van der Waals surface area contributed by atoms with E-state index in [0.717, 1.165) is 34.6 Å². The van der Waals surface area contributed by atoms with Crippen LogP contribution in [-0.2, 0) is 27.4 Å². The van der Waals surface area contributed by atoms with Crippen molar-refractivity contribution >= 4 is 32.4 Å². The minimum Gasteiger partial charge on any atom is -0.493 e. The van der Waals surface area contributed by atoms with Gasteiger partial charge in [-0.25, -0.2) is 8.42 Å². The molecule has 0 spiro atoms. The van der Waals surface area contributed by atoms with E-state index in [2.05, 4.69) is 15.5 Å². The number of anilines is 1. The summed E-state index contributed by atoms with van der Waals surface area (Å²) in [5.74, 6) is 0.565. The Bertz CT molecular complexity index is 1660. The summed E-state index contributed by atoms with van der Waals surface area (Å²) in [6.45, 7) is 1.84. The van der Waals surface area contributed by atoms with Crippen molar-refractivity contribution in [2.45, 2.75) is 30.8 Å². The average molecular weight is 635 g/mol. The van der Waals surface area contributed by atoms with E-state index < -0.39 is 27.7 Å². The second kappa shape index (κ2) is 13.5. The number of ether oxygens (including phenoxy) is 2. The van der Waals surface area contributed by atoms with Crippen molar-refractivity contribution in [1.82, 2.24) is 14.5 Å². The monoisotopic (exact) mass is 634 g/mol. The molecule has 1 aromatic heterocycles. The first-order valence-electron chi connectivity index (χ1n) is 13.0. The second-order valence-electron chi connectivity index (χ2n) is 9.44. The molecule has 0 bridgehead atoms. The lowest BCUT2D eigenvalue weighted by atomic mass is 10.1. The minimum absolute atomic E-state index is 0.0931. The van der Waals surface area contributed by atoms with Crippen LogP contribution in [0.5, 0.6) is 11.5 Å². The smallest absolute Gasteiger partial charge is 0.416 e. The number of carbonyl (C=O) groups is 1. The third-order valence-electron chi connectivity index (χ3n) is 6.48. The summed E-state index contributed by atoms with van der Waals surface area (Å²) < 4.78 is 77.6. The molecule has 0 saturated heterocycles. The molecule has 0 unspecified atom stereocenters. The summed E-state index contributed by atoms with van der Waals surface area (Å²) in [6.07, 6.45) is -4.28. The molecular formula is C29H29F3N4O5S2. The van der Waals surface area contributed by atoms with E-state index in [-0.39, 0.29) is 29.5 Å². The molecule has 228 valence electrons. The Labute approximate surface area is 251 Å². The van der Waals surface area contributed by atoms with Gasteiger partial charge in [-0.2, -0.15) is 17.5 Å². The van der Waals surface area contributed by atoms with Gasteiger partial charge >= 0.3 is 6.18 Å². The predicted molar refractivity (Wildman–Crippen MR) is 157 cm³/mol. The number of hydrogen-bond acceptors (Lipinski definition) is 8. The van der Waals surface area contributed by atoms with E-state index in [1.807, 2.05) is 13.0 Å². The molecule has 0 aliphatic rings. The Morgan fingerprint density at radius 2 is 1.60 bits per heavy atom. The molecule has 43 heavy (non-hydrogen) atoms. The van der Waals surface area contributed by atoms with Crippen LogP contribution in [0.3, 0.4) is 0 Å². The highest BCUT2D eigenvalue weighted by molar-refractivity contribution is 7.89. The van der Waals surface area contributed by atoms with Gasteiger partial charge in [0.1, 0.15) is 5.01 Å². The molecule has 1 N–H and O–H groups in total. The van der Waals surface area contributed by atoms with Gasteiger partial charge in [0.2, 0.25) is 21.1 Å². The number of sulfonamides is 1. The molecule has 1 amide bonds. The lowest BCUT2D eigenvalue weighted by Crippen LogP contribution is -2.35. The highest BCUT2D eigenvalue weighted by atomic mass is 32.2. The third kappa shape index (κ3) is 8.09. The van der Waals surface area contributed by atoms with Gasteiger partial charge in [0.15, 0.2) is 11.5 Å². The molecular weight excluding hydrogens is 605 g/mol. The molecule has 3 aromatic carbocycles. The van der Waals surface area contributed by atoms with Crippen LogP contribution in [0, 0.1) is 6.92 Å². The normalized spacial score (nSPS) is 11.9. The number of amides is 1. The Morgan fingerprint density at radius 1 is 0.930 bits per heavy atom. The van der Waals surface area contributed by atoms with E-state index in [9.17, 15) is 26.4 Å². The van der Waals surface area contributed by atoms with Crippen LogP contribution in [0.2, 0.25) is 0 Å². The standard InChI is InChI=1S/C29H29F3N4O5S2/c1-19-4-11-23(12-5-19)43(38,39)36(16-14-20-6-13-24(40-2)25(18-20)41-3)17-15-26(37)33-28-35-34-27(42-28)21-7-9-22(10-8-21)29(30,31)32/h4-13,18H,14-17H2,1-3H3,(H,33,35,37). The van der Waals surface area contributed by atoms with Crippen LogP contribution in [-0.4, -0.2) is 56.1 Å². The van der Waals surface area contributed by atoms with Crippen LogP contribution in [0.25, 0.3) is 10.6 Å². The van der Waals surface area contributed by atoms with Crippen molar-refractivity contribution in [3.63, 3.8) is 0 Å². The highest BCUT2D eigenvalue weighted by Crippen LogP contribution is 2.32. The number of hydrogen-bond donors (Lipinski definition) is 1. The lowest BCUT2D eigenvalue weighted by Gasteiger charge is -2.22. The number of carbonyl (C=O) groups excluding carboxylic acids is 1. The molecule has 0 saturated carbocycles. The van der Waals surface area contributed by atoms with Crippen LogP contribution >= 0.6 is 11.3 Å². The van der Waals surface area contributed by atoms with Gasteiger partial charge < -0.3 is 14.8 Å². The van der Waals surface area contributed by atoms with Crippen molar-refractivity contribution < 1.29 is 35.9 Å². The molecule has 0 radical (unpaired) electrons. The van der Waals surface area contributed by atoms with Crippen molar-refractivity contribution in [3.8, 4) is 22.1 Å². The number of nitrogens with one attached hydrogen (secondary N) is 1. The highest BCUT2D eigenvalue weighted by Gasteiger charge is 2.30. The number of halogens is 3. The Balaban J connectivity index is 1.45. The molecule has 0 aliphatic carbocycles. The first-order valence-corrected chi connectivity index (χ1v) is 15.2. The maximum absolute atomic E-state index is 13.6. The van der Waals surface area contributed by atoms with Crippen molar-refractivity contribution in [3.05, 3.63) is 83.4 Å². The van der Waals surface area contributed by atoms with Gasteiger partial charge in [0.25, 0.3) is 0 Å². The fourth-order valence-electron chi connectivity index (χ4n) is 4.10. The second-order valence-corrected chi connectivity index (χ2v) is 12.4. The summed E-state index contributed by atoms with van der Waals surface area (Å²) in [5.41, 5.74) is 1.35. The zero-order chi connectivity index (χ0) is 31.2. The van der Waals surface area contributed by atoms with Crippen LogP contribution in [0.4, 0.5) is 18.3 Å². The van der Waals surface area contributed by atoms with Gasteiger partial charge in [0, 0.05) is 25.1 Å². The predicted octanol–water partition coefficient (Wildman–Crippen LogP) is 5.81. The maximum atomic E-state index is 13.6. The summed E-state index contributed by atoms with van der Waals surface area (Å²) in [5, 5.41) is 10.9. The lowest BCUT2D eigenvalue weighted by molar-refractivity contribution is -0.137. The Kier molecular flexibility index (Phi) is 10.0. The van der Waals surface area contributed by atoms with Crippen LogP contribution in [0.15, 0.2) is 71.6 Å². The molecule has 1 heterocycles. The van der Waals surface area contributed by atoms with E-state index in [0.29, 0.717) is 28.5 Å². The average Bonchev–Trinajstić information content (AvgIpc) is 3.45. The zero-order valence-electron chi connectivity index (χ0n) is 23.5. The first kappa shape index (κ1) is 31.9. The summed E-state index contributed by atoms with van der Waals surface area (Å²) in [6, 6.07) is 16.2. The Hall–Kier alpha value is -4.01. The molecule has 4 aromatic rings. The van der Waals surface area contributed by atoms with Gasteiger partial charge in [-0.3, -0.25) is 4.79 Å².